The van der Waals surface area contributed by atoms with Crippen LogP contribution >= 0.6 is 11.3 Å². The summed E-state index contributed by atoms with van der Waals surface area (Å²) in [7, 11) is 0. The molecule has 6 heteroatoms. The van der Waals surface area contributed by atoms with Crippen molar-refractivity contribution in [3.05, 3.63) is 22.4 Å². The zero-order valence-electron chi connectivity index (χ0n) is 15.0. The lowest BCUT2D eigenvalue weighted by molar-refractivity contribution is -0.123. The fourth-order valence-electron chi connectivity index (χ4n) is 4.05. The van der Waals surface area contributed by atoms with Crippen LogP contribution in [0.4, 0.5) is 0 Å². The molecule has 0 bridgehead atoms. The Bertz CT molecular complexity index is 544. The number of amides is 1. The fraction of sp³-hybridized carbons (Fsp3) is 0.737. The Morgan fingerprint density at radius 3 is 2.40 bits per heavy atom. The molecule has 25 heavy (non-hydrogen) atoms. The van der Waals surface area contributed by atoms with Crippen LogP contribution in [0.25, 0.3) is 0 Å². The molecule has 1 amide bonds. The van der Waals surface area contributed by atoms with Crippen LogP contribution in [0.3, 0.4) is 0 Å². The zero-order chi connectivity index (χ0) is 17.1. The molecule has 0 aromatic carbocycles. The van der Waals surface area contributed by atoms with Gasteiger partial charge in [0.1, 0.15) is 0 Å². The van der Waals surface area contributed by atoms with Crippen molar-refractivity contribution < 1.29 is 4.79 Å². The first-order chi connectivity index (χ1) is 12.3. The highest BCUT2D eigenvalue weighted by atomic mass is 32.1. The lowest BCUT2D eigenvalue weighted by Crippen LogP contribution is -2.51. The van der Waals surface area contributed by atoms with Gasteiger partial charge in [-0.25, -0.2) is 0 Å². The maximum atomic E-state index is 12.4. The number of hydrogen-bond donors (Lipinski definition) is 1. The molecule has 0 atom stereocenters. The average Bonchev–Trinajstić information content (AvgIpc) is 3.35. The summed E-state index contributed by atoms with van der Waals surface area (Å²) in [5.74, 6) is 0.219. The third-order valence-electron chi connectivity index (χ3n) is 5.75. The molecule has 5 nitrogen and oxygen atoms in total. The first kappa shape index (κ1) is 17.5. The molecule has 2 aliphatic heterocycles. The smallest absolute Gasteiger partial charge is 0.234 e. The lowest BCUT2D eigenvalue weighted by Gasteiger charge is -2.35. The summed E-state index contributed by atoms with van der Waals surface area (Å²) in [5.41, 5.74) is 0. The molecule has 3 fully saturated rings. The number of likely N-dealkylation sites (tertiary alicyclic amines) is 1. The third-order valence-corrected chi connectivity index (χ3v) is 6.61. The minimum absolute atomic E-state index is 0.219. The molecule has 4 rings (SSSR count). The third kappa shape index (κ3) is 5.03. The second-order valence-corrected chi connectivity index (χ2v) is 8.77. The van der Waals surface area contributed by atoms with E-state index in [1.54, 1.807) is 0 Å². The highest BCUT2D eigenvalue weighted by Crippen LogP contribution is 2.29. The van der Waals surface area contributed by atoms with Crippen molar-refractivity contribution in [2.75, 3.05) is 45.8 Å². The van der Waals surface area contributed by atoms with E-state index in [9.17, 15) is 4.79 Å². The SMILES string of the molecule is O=C(CN1CCN(Cc2cccs2)CC1)NC1CCN(C2CC2)CC1. The van der Waals surface area contributed by atoms with Gasteiger partial charge in [-0.2, -0.15) is 0 Å². The van der Waals surface area contributed by atoms with E-state index in [4.69, 9.17) is 0 Å². The summed E-state index contributed by atoms with van der Waals surface area (Å²) in [6.45, 7) is 8.06. The average molecular weight is 363 g/mol. The molecule has 1 aromatic rings. The monoisotopic (exact) mass is 362 g/mol. The summed E-state index contributed by atoms with van der Waals surface area (Å²) in [6, 6.07) is 5.58. The Labute approximate surface area is 155 Å². The minimum Gasteiger partial charge on any atom is -0.352 e. The largest absolute Gasteiger partial charge is 0.352 e. The van der Waals surface area contributed by atoms with Gasteiger partial charge in [0.15, 0.2) is 0 Å². The van der Waals surface area contributed by atoms with Crippen LogP contribution in [0.2, 0.25) is 0 Å². The van der Waals surface area contributed by atoms with Crippen LogP contribution in [0.1, 0.15) is 30.6 Å². The Kier molecular flexibility index (Phi) is 5.70. The van der Waals surface area contributed by atoms with Gasteiger partial charge in [0.05, 0.1) is 6.54 Å². The number of hydrogen-bond acceptors (Lipinski definition) is 5. The minimum atomic E-state index is 0.219. The topological polar surface area (TPSA) is 38.8 Å². The van der Waals surface area contributed by atoms with Gasteiger partial charge < -0.3 is 10.2 Å². The van der Waals surface area contributed by atoms with Gasteiger partial charge in [-0.15, -0.1) is 11.3 Å². The van der Waals surface area contributed by atoms with E-state index in [2.05, 4.69) is 37.5 Å². The van der Waals surface area contributed by atoms with Crippen molar-refractivity contribution in [3.63, 3.8) is 0 Å². The Hall–Kier alpha value is -0.950. The number of piperazine rings is 1. The Balaban J connectivity index is 1.13. The molecule has 3 aliphatic rings. The van der Waals surface area contributed by atoms with Gasteiger partial charge in [-0.05, 0) is 37.1 Å². The van der Waals surface area contributed by atoms with Crippen molar-refractivity contribution in [1.82, 2.24) is 20.0 Å². The molecule has 3 heterocycles. The second-order valence-electron chi connectivity index (χ2n) is 7.74. The Morgan fingerprint density at radius 2 is 1.76 bits per heavy atom. The summed E-state index contributed by atoms with van der Waals surface area (Å²) in [4.78, 5) is 21.2. The highest BCUT2D eigenvalue weighted by Gasteiger charge is 2.32. The van der Waals surface area contributed by atoms with Crippen LogP contribution < -0.4 is 5.32 Å². The maximum Gasteiger partial charge on any atom is 0.234 e. The van der Waals surface area contributed by atoms with Crippen molar-refractivity contribution in [2.45, 2.75) is 44.3 Å². The number of rotatable bonds is 6. The van der Waals surface area contributed by atoms with Crippen molar-refractivity contribution >= 4 is 17.2 Å². The van der Waals surface area contributed by atoms with Crippen LogP contribution in [-0.4, -0.2) is 78.5 Å². The van der Waals surface area contributed by atoms with Gasteiger partial charge >= 0.3 is 0 Å². The van der Waals surface area contributed by atoms with Gasteiger partial charge in [0.25, 0.3) is 0 Å². The van der Waals surface area contributed by atoms with E-state index in [-0.39, 0.29) is 5.91 Å². The molecule has 0 unspecified atom stereocenters. The van der Waals surface area contributed by atoms with E-state index in [0.717, 1.165) is 64.7 Å². The second kappa shape index (κ2) is 8.16. The molecular formula is C19H30N4OS. The van der Waals surface area contributed by atoms with E-state index in [1.165, 1.54) is 17.7 Å². The van der Waals surface area contributed by atoms with E-state index >= 15 is 0 Å². The normalized spacial score (nSPS) is 24.5. The van der Waals surface area contributed by atoms with Crippen LogP contribution in [-0.2, 0) is 11.3 Å². The van der Waals surface area contributed by atoms with E-state index in [1.807, 2.05) is 11.3 Å². The standard InChI is InChI=1S/C19H30N4OS/c24-19(20-16-5-7-23(8-6-16)17-3-4-17)15-22-11-9-21(10-12-22)14-18-2-1-13-25-18/h1-2,13,16-17H,3-12,14-15H2,(H,20,24). The van der Waals surface area contributed by atoms with Crippen molar-refractivity contribution in [3.8, 4) is 0 Å². The van der Waals surface area contributed by atoms with E-state index < -0.39 is 0 Å². The molecule has 0 spiro atoms. The molecule has 2 saturated heterocycles. The Morgan fingerprint density at radius 1 is 1.04 bits per heavy atom. The number of piperidine rings is 1. The van der Waals surface area contributed by atoms with Crippen LogP contribution in [0.15, 0.2) is 17.5 Å². The fourth-order valence-corrected chi connectivity index (χ4v) is 4.80. The number of nitrogens with zero attached hydrogens (tertiary/aromatic N) is 3. The molecule has 0 radical (unpaired) electrons. The summed E-state index contributed by atoms with van der Waals surface area (Å²) in [5, 5.41) is 5.42. The molecule has 1 aromatic heterocycles. The molecule has 1 N–H and O–H groups in total. The van der Waals surface area contributed by atoms with Gasteiger partial charge in [0, 0.05) is 62.8 Å². The summed E-state index contributed by atoms with van der Waals surface area (Å²) in [6.07, 6.45) is 5.01. The first-order valence-electron chi connectivity index (χ1n) is 9.77. The molecule has 1 aliphatic carbocycles. The quantitative estimate of drug-likeness (QED) is 0.835. The van der Waals surface area contributed by atoms with Gasteiger partial charge in [-0.1, -0.05) is 6.07 Å². The van der Waals surface area contributed by atoms with Gasteiger partial charge in [0.2, 0.25) is 5.91 Å². The van der Waals surface area contributed by atoms with Crippen LogP contribution in [0, 0.1) is 0 Å². The maximum absolute atomic E-state index is 12.4. The zero-order valence-corrected chi connectivity index (χ0v) is 15.8. The van der Waals surface area contributed by atoms with Crippen molar-refractivity contribution in [2.24, 2.45) is 0 Å². The molecule has 1 saturated carbocycles. The van der Waals surface area contributed by atoms with Crippen molar-refractivity contribution in [1.29, 1.82) is 0 Å². The predicted molar refractivity (Wildman–Crippen MR) is 102 cm³/mol. The van der Waals surface area contributed by atoms with Crippen LogP contribution in [0.5, 0.6) is 0 Å². The lowest BCUT2D eigenvalue weighted by atomic mass is 10.0. The molecule has 138 valence electrons. The summed E-state index contributed by atoms with van der Waals surface area (Å²) < 4.78 is 0. The number of carbonyl (C=O) groups is 1. The number of nitrogens with one attached hydrogen (secondary N) is 1. The number of carbonyl (C=O) groups excluding carboxylic acids is 1. The van der Waals surface area contributed by atoms with E-state index in [0.29, 0.717) is 12.6 Å². The summed E-state index contributed by atoms with van der Waals surface area (Å²) >= 11 is 1.83. The molecular weight excluding hydrogens is 332 g/mol. The van der Waals surface area contributed by atoms with Gasteiger partial charge in [-0.3, -0.25) is 14.6 Å². The predicted octanol–water partition coefficient (Wildman–Crippen LogP) is 1.61. The highest BCUT2D eigenvalue weighted by molar-refractivity contribution is 7.09. The number of thiophene rings is 1. The first-order valence-corrected chi connectivity index (χ1v) is 10.6.